The maximum atomic E-state index is 12.4. The second-order valence-electron chi connectivity index (χ2n) is 6.37. The monoisotopic (exact) mass is 334 g/mol. The zero-order chi connectivity index (χ0) is 16.8. The first-order valence-corrected chi connectivity index (χ1v) is 8.82. The summed E-state index contributed by atoms with van der Waals surface area (Å²) in [4.78, 5) is 23.3. The van der Waals surface area contributed by atoms with Gasteiger partial charge in [-0.05, 0) is 26.2 Å². The lowest BCUT2D eigenvalue weighted by molar-refractivity contribution is 0.00484. The smallest absolute Gasteiger partial charge is 0.357 e. The minimum atomic E-state index is -0.378. The molecule has 0 bridgehead atoms. The summed E-state index contributed by atoms with van der Waals surface area (Å²) in [6, 6.07) is 0. The highest BCUT2D eigenvalue weighted by Gasteiger charge is 2.20. The lowest BCUT2D eigenvalue weighted by atomic mass is 10.1. The number of rotatable bonds is 5. The van der Waals surface area contributed by atoms with Crippen LogP contribution in [0.4, 0.5) is 5.95 Å². The van der Waals surface area contributed by atoms with Crippen LogP contribution in [0.25, 0.3) is 0 Å². The van der Waals surface area contributed by atoms with Crippen LogP contribution in [-0.4, -0.2) is 61.4 Å². The summed E-state index contributed by atoms with van der Waals surface area (Å²) in [7, 11) is 0. The Balaban J connectivity index is 1.56. The van der Waals surface area contributed by atoms with Gasteiger partial charge in [-0.3, -0.25) is 0 Å². The van der Waals surface area contributed by atoms with E-state index in [9.17, 15) is 4.79 Å². The Morgan fingerprint density at radius 3 is 3.00 bits per heavy atom. The predicted molar refractivity (Wildman–Crippen MR) is 90.3 cm³/mol. The molecule has 0 radical (unpaired) electrons. The standard InChI is InChI=1S/C17H26N4O3/c1-13-11-19-17(21-7-3-2-4-8-21)20-15(13)16(22)24-9-5-14-12-18-6-10-23-14/h11,14,18H,2-10,12H2,1H3. The fraction of sp³-hybridized carbons (Fsp3) is 0.706. The van der Waals surface area contributed by atoms with Gasteiger partial charge < -0.3 is 19.7 Å². The molecular formula is C17H26N4O3. The molecule has 2 saturated heterocycles. The first-order valence-electron chi connectivity index (χ1n) is 8.82. The van der Waals surface area contributed by atoms with Gasteiger partial charge >= 0.3 is 5.97 Å². The minimum absolute atomic E-state index is 0.113. The van der Waals surface area contributed by atoms with Crippen LogP contribution in [0.5, 0.6) is 0 Å². The molecule has 0 spiro atoms. The molecule has 3 rings (SSSR count). The second-order valence-corrected chi connectivity index (χ2v) is 6.37. The lowest BCUT2D eigenvalue weighted by Gasteiger charge is -2.26. The molecule has 3 heterocycles. The Morgan fingerprint density at radius 1 is 1.42 bits per heavy atom. The number of hydrogen-bond donors (Lipinski definition) is 1. The van der Waals surface area contributed by atoms with Gasteiger partial charge in [0.1, 0.15) is 0 Å². The first-order chi connectivity index (χ1) is 11.7. The average molecular weight is 334 g/mol. The maximum absolute atomic E-state index is 12.4. The van der Waals surface area contributed by atoms with Crippen molar-refractivity contribution in [3.05, 3.63) is 17.5 Å². The number of piperidine rings is 1. The van der Waals surface area contributed by atoms with E-state index in [4.69, 9.17) is 9.47 Å². The van der Waals surface area contributed by atoms with Crippen molar-refractivity contribution in [1.82, 2.24) is 15.3 Å². The van der Waals surface area contributed by atoms with Crippen LogP contribution < -0.4 is 10.2 Å². The van der Waals surface area contributed by atoms with E-state index >= 15 is 0 Å². The van der Waals surface area contributed by atoms with Crippen molar-refractivity contribution in [2.24, 2.45) is 0 Å². The van der Waals surface area contributed by atoms with Gasteiger partial charge in [-0.2, -0.15) is 0 Å². The molecule has 2 aliphatic heterocycles. The Labute approximate surface area is 142 Å². The fourth-order valence-corrected chi connectivity index (χ4v) is 3.04. The number of ether oxygens (including phenoxy) is 2. The van der Waals surface area contributed by atoms with E-state index in [0.717, 1.165) is 44.6 Å². The molecule has 1 unspecified atom stereocenters. The number of nitrogens with zero attached hydrogens (tertiary/aromatic N) is 3. The number of aromatic nitrogens is 2. The van der Waals surface area contributed by atoms with Crippen LogP contribution in [0.2, 0.25) is 0 Å². The molecule has 1 aromatic rings. The van der Waals surface area contributed by atoms with Gasteiger partial charge in [-0.25, -0.2) is 14.8 Å². The van der Waals surface area contributed by atoms with E-state index in [1.807, 2.05) is 6.92 Å². The van der Waals surface area contributed by atoms with Crippen molar-refractivity contribution in [1.29, 1.82) is 0 Å². The highest BCUT2D eigenvalue weighted by Crippen LogP contribution is 2.17. The second kappa shape index (κ2) is 8.39. The quantitative estimate of drug-likeness (QED) is 0.814. The van der Waals surface area contributed by atoms with Crippen LogP contribution in [0.3, 0.4) is 0 Å². The molecule has 0 aromatic carbocycles. The summed E-state index contributed by atoms with van der Waals surface area (Å²) in [5.41, 5.74) is 1.12. The van der Waals surface area contributed by atoms with Crippen molar-refractivity contribution in [2.75, 3.05) is 44.3 Å². The predicted octanol–water partition coefficient (Wildman–Crippen LogP) is 1.31. The normalized spacial score (nSPS) is 21.5. The third-order valence-electron chi connectivity index (χ3n) is 4.47. The van der Waals surface area contributed by atoms with Gasteiger partial charge in [-0.1, -0.05) is 0 Å². The number of esters is 1. The summed E-state index contributed by atoms with van der Waals surface area (Å²) in [5.74, 6) is 0.254. The molecule has 2 aliphatic rings. The Hall–Kier alpha value is -1.73. The zero-order valence-electron chi connectivity index (χ0n) is 14.3. The van der Waals surface area contributed by atoms with Gasteiger partial charge in [0.2, 0.25) is 5.95 Å². The molecule has 0 amide bonds. The van der Waals surface area contributed by atoms with Crippen LogP contribution in [0, 0.1) is 6.92 Å². The number of morpholine rings is 1. The third kappa shape index (κ3) is 4.42. The van der Waals surface area contributed by atoms with Gasteiger partial charge in [0.25, 0.3) is 0 Å². The first kappa shape index (κ1) is 17.1. The third-order valence-corrected chi connectivity index (χ3v) is 4.47. The minimum Gasteiger partial charge on any atom is -0.461 e. The highest BCUT2D eigenvalue weighted by molar-refractivity contribution is 5.89. The molecular weight excluding hydrogens is 308 g/mol. The highest BCUT2D eigenvalue weighted by atomic mass is 16.5. The molecule has 2 fully saturated rings. The van der Waals surface area contributed by atoms with Crippen molar-refractivity contribution in [3.63, 3.8) is 0 Å². The van der Waals surface area contributed by atoms with Crippen LogP contribution in [0.1, 0.15) is 41.7 Å². The summed E-state index contributed by atoms with van der Waals surface area (Å²) >= 11 is 0. The van der Waals surface area contributed by atoms with Crippen molar-refractivity contribution in [3.8, 4) is 0 Å². The van der Waals surface area contributed by atoms with Crippen molar-refractivity contribution in [2.45, 2.75) is 38.7 Å². The molecule has 132 valence electrons. The van der Waals surface area contributed by atoms with Crippen molar-refractivity contribution < 1.29 is 14.3 Å². The van der Waals surface area contributed by atoms with E-state index in [-0.39, 0.29) is 12.1 Å². The maximum Gasteiger partial charge on any atom is 0.357 e. The SMILES string of the molecule is Cc1cnc(N2CCCCC2)nc1C(=O)OCCC1CNCCO1. The van der Waals surface area contributed by atoms with E-state index in [0.29, 0.717) is 31.3 Å². The fourth-order valence-electron chi connectivity index (χ4n) is 3.04. The molecule has 1 atom stereocenters. The molecule has 1 N–H and O–H groups in total. The number of anilines is 1. The summed E-state index contributed by atoms with van der Waals surface area (Å²) in [6.45, 7) is 6.48. The zero-order valence-corrected chi connectivity index (χ0v) is 14.3. The molecule has 7 nitrogen and oxygen atoms in total. The van der Waals surface area contributed by atoms with Gasteiger partial charge in [-0.15, -0.1) is 0 Å². The van der Waals surface area contributed by atoms with Gasteiger partial charge in [0.15, 0.2) is 5.69 Å². The number of aryl methyl sites for hydroxylation is 1. The van der Waals surface area contributed by atoms with Gasteiger partial charge in [0.05, 0.1) is 19.3 Å². The Morgan fingerprint density at radius 2 is 2.25 bits per heavy atom. The summed E-state index contributed by atoms with van der Waals surface area (Å²) < 4.78 is 11.0. The van der Waals surface area contributed by atoms with E-state index in [1.165, 1.54) is 6.42 Å². The molecule has 24 heavy (non-hydrogen) atoms. The summed E-state index contributed by atoms with van der Waals surface area (Å²) in [6.07, 6.45) is 6.06. The van der Waals surface area contributed by atoms with E-state index < -0.39 is 0 Å². The Kier molecular flexibility index (Phi) is 5.98. The van der Waals surface area contributed by atoms with E-state index in [1.54, 1.807) is 6.20 Å². The van der Waals surface area contributed by atoms with Crippen LogP contribution in [0.15, 0.2) is 6.20 Å². The summed E-state index contributed by atoms with van der Waals surface area (Å²) in [5, 5.41) is 3.27. The molecule has 0 aliphatic carbocycles. The largest absolute Gasteiger partial charge is 0.461 e. The van der Waals surface area contributed by atoms with Crippen LogP contribution >= 0.6 is 0 Å². The lowest BCUT2D eigenvalue weighted by Crippen LogP contribution is -2.39. The number of nitrogens with one attached hydrogen (secondary N) is 1. The topological polar surface area (TPSA) is 76.6 Å². The average Bonchev–Trinajstić information content (AvgIpc) is 2.63. The number of hydrogen-bond acceptors (Lipinski definition) is 7. The van der Waals surface area contributed by atoms with Crippen molar-refractivity contribution >= 4 is 11.9 Å². The Bertz CT molecular complexity index is 555. The number of carbonyl (C=O) groups excluding carboxylic acids is 1. The van der Waals surface area contributed by atoms with Crippen LogP contribution in [-0.2, 0) is 9.47 Å². The molecule has 7 heteroatoms. The molecule has 0 saturated carbocycles. The number of carbonyl (C=O) groups is 1. The van der Waals surface area contributed by atoms with Gasteiger partial charge in [0, 0.05) is 44.4 Å². The van der Waals surface area contributed by atoms with E-state index in [2.05, 4.69) is 20.2 Å². The molecule has 1 aromatic heterocycles.